The summed E-state index contributed by atoms with van der Waals surface area (Å²) in [5, 5.41) is 8.90. The molecule has 0 bridgehead atoms. The topological polar surface area (TPSA) is 77.6 Å². The van der Waals surface area contributed by atoms with Gasteiger partial charge >= 0.3 is 0 Å². The van der Waals surface area contributed by atoms with Gasteiger partial charge in [0.15, 0.2) is 5.16 Å². The molecule has 1 aliphatic rings. The van der Waals surface area contributed by atoms with Gasteiger partial charge in [-0.1, -0.05) is 11.8 Å². The normalized spacial score (nSPS) is 20.9. The number of aryl methyl sites for hydroxylation is 2. The molecule has 3 rings (SSSR count). The highest BCUT2D eigenvalue weighted by atomic mass is 32.2. The Labute approximate surface area is 146 Å². The third-order valence-electron chi connectivity index (χ3n) is 4.35. The minimum atomic E-state index is 0.148. The van der Waals surface area contributed by atoms with Crippen LogP contribution in [0.15, 0.2) is 30.2 Å². The van der Waals surface area contributed by atoms with Gasteiger partial charge in [-0.15, -0.1) is 0 Å². The molecular weight excluding hydrogens is 324 g/mol. The number of thioether (sulfide) groups is 1. The maximum Gasteiger partial charge on any atom is 0.220 e. The van der Waals surface area contributed by atoms with Crippen molar-refractivity contribution < 1.29 is 4.79 Å². The van der Waals surface area contributed by atoms with Crippen LogP contribution in [0, 0.1) is 0 Å². The van der Waals surface area contributed by atoms with E-state index in [0.29, 0.717) is 17.7 Å². The molecule has 1 saturated carbocycles. The highest BCUT2D eigenvalue weighted by Crippen LogP contribution is 2.32. The second kappa shape index (κ2) is 8.32. The number of nitrogens with one attached hydrogen (secondary N) is 1. The van der Waals surface area contributed by atoms with Gasteiger partial charge in [0.2, 0.25) is 5.91 Å². The first-order valence-corrected chi connectivity index (χ1v) is 9.34. The second-order valence-corrected chi connectivity index (χ2v) is 7.51. The lowest BCUT2D eigenvalue weighted by molar-refractivity contribution is -0.122. The third kappa shape index (κ3) is 4.83. The number of amides is 1. The molecule has 1 fully saturated rings. The lowest BCUT2D eigenvalue weighted by Gasteiger charge is -2.28. The molecule has 2 aromatic rings. The Kier molecular flexibility index (Phi) is 5.90. The number of hydrogen-bond acceptors (Lipinski definition) is 5. The van der Waals surface area contributed by atoms with Crippen molar-refractivity contribution in [2.75, 3.05) is 0 Å². The number of carbonyl (C=O) groups excluding carboxylic acids is 1. The smallest absolute Gasteiger partial charge is 0.220 e. The minimum Gasteiger partial charge on any atom is -0.353 e. The van der Waals surface area contributed by atoms with Crippen molar-refractivity contribution in [1.82, 2.24) is 29.6 Å². The van der Waals surface area contributed by atoms with Crippen LogP contribution in [0.2, 0.25) is 0 Å². The zero-order valence-corrected chi connectivity index (χ0v) is 14.8. The van der Waals surface area contributed by atoms with E-state index in [9.17, 15) is 4.79 Å². The van der Waals surface area contributed by atoms with Crippen LogP contribution in [0.5, 0.6) is 0 Å². The molecule has 7 nitrogen and oxygen atoms in total. The van der Waals surface area contributed by atoms with Gasteiger partial charge in [0, 0.05) is 43.7 Å². The van der Waals surface area contributed by atoms with E-state index >= 15 is 0 Å². The average Bonchev–Trinajstić information content (AvgIpc) is 3.22. The zero-order valence-electron chi connectivity index (χ0n) is 14.0. The molecule has 8 heteroatoms. The highest BCUT2D eigenvalue weighted by molar-refractivity contribution is 7.99. The molecule has 24 heavy (non-hydrogen) atoms. The van der Waals surface area contributed by atoms with Crippen molar-refractivity contribution in [3.8, 4) is 0 Å². The second-order valence-electron chi connectivity index (χ2n) is 6.24. The van der Waals surface area contributed by atoms with E-state index in [1.54, 1.807) is 11.0 Å². The van der Waals surface area contributed by atoms with Crippen molar-refractivity contribution in [2.24, 2.45) is 7.05 Å². The molecule has 130 valence electrons. The predicted molar refractivity (Wildman–Crippen MR) is 92.5 cm³/mol. The van der Waals surface area contributed by atoms with Gasteiger partial charge in [-0.05, 0) is 32.1 Å². The predicted octanol–water partition coefficient (Wildman–Crippen LogP) is 2.01. The summed E-state index contributed by atoms with van der Waals surface area (Å²) in [6.07, 6.45) is 12.7. The van der Waals surface area contributed by atoms with Crippen molar-refractivity contribution in [2.45, 2.75) is 61.5 Å². The van der Waals surface area contributed by atoms with Gasteiger partial charge in [0.05, 0.1) is 0 Å². The van der Waals surface area contributed by atoms with Gasteiger partial charge in [-0.25, -0.2) is 9.97 Å². The van der Waals surface area contributed by atoms with Gasteiger partial charge in [0.1, 0.15) is 12.7 Å². The van der Waals surface area contributed by atoms with Crippen LogP contribution in [0.25, 0.3) is 0 Å². The summed E-state index contributed by atoms with van der Waals surface area (Å²) in [5.41, 5.74) is 0. The first-order valence-electron chi connectivity index (χ1n) is 8.46. The van der Waals surface area contributed by atoms with Gasteiger partial charge in [-0.2, -0.15) is 5.10 Å². The number of aromatic nitrogens is 5. The van der Waals surface area contributed by atoms with E-state index in [1.807, 2.05) is 31.2 Å². The third-order valence-corrected chi connectivity index (χ3v) is 5.75. The van der Waals surface area contributed by atoms with Crippen LogP contribution in [-0.4, -0.2) is 41.5 Å². The van der Waals surface area contributed by atoms with Gasteiger partial charge in [-0.3, -0.25) is 9.48 Å². The van der Waals surface area contributed by atoms with Crippen LogP contribution in [0.3, 0.4) is 0 Å². The van der Waals surface area contributed by atoms with E-state index in [1.165, 1.54) is 6.33 Å². The van der Waals surface area contributed by atoms with Gasteiger partial charge in [0.25, 0.3) is 0 Å². The summed E-state index contributed by atoms with van der Waals surface area (Å²) in [6.45, 7) is 0.737. The van der Waals surface area contributed by atoms with E-state index in [0.717, 1.165) is 43.8 Å². The van der Waals surface area contributed by atoms with Crippen LogP contribution >= 0.6 is 11.8 Å². The monoisotopic (exact) mass is 348 g/mol. The van der Waals surface area contributed by atoms with Crippen LogP contribution in [0.1, 0.15) is 38.5 Å². The molecule has 1 amide bonds. The maximum atomic E-state index is 12.0. The molecule has 0 unspecified atom stereocenters. The molecule has 0 saturated heterocycles. The van der Waals surface area contributed by atoms with Crippen molar-refractivity contribution >= 4 is 17.7 Å². The Morgan fingerprint density at radius 3 is 2.88 bits per heavy atom. The highest BCUT2D eigenvalue weighted by Gasteiger charge is 2.23. The fraction of sp³-hybridized carbons (Fsp3) is 0.625. The van der Waals surface area contributed by atoms with Crippen LogP contribution in [0.4, 0.5) is 0 Å². The van der Waals surface area contributed by atoms with E-state index in [2.05, 4.69) is 25.0 Å². The van der Waals surface area contributed by atoms with Crippen molar-refractivity contribution in [3.05, 3.63) is 25.0 Å². The fourth-order valence-electron chi connectivity index (χ4n) is 2.99. The number of rotatable bonds is 7. The summed E-state index contributed by atoms with van der Waals surface area (Å²) in [5.74, 6) is 0.148. The summed E-state index contributed by atoms with van der Waals surface area (Å²) >= 11 is 1.85. The van der Waals surface area contributed by atoms with Gasteiger partial charge < -0.3 is 9.88 Å². The number of nitrogens with zero attached hydrogens (tertiary/aromatic N) is 5. The van der Waals surface area contributed by atoms with Crippen molar-refractivity contribution in [3.63, 3.8) is 0 Å². The molecule has 0 radical (unpaired) electrons. The summed E-state index contributed by atoms with van der Waals surface area (Å²) in [7, 11) is 2.03. The quantitative estimate of drug-likeness (QED) is 0.828. The number of imidazole rings is 1. The van der Waals surface area contributed by atoms with E-state index in [-0.39, 0.29) is 5.91 Å². The molecular formula is C16H24N6OS. The molecule has 0 atom stereocenters. The molecule has 1 aliphatic carbocycles. The summed E-state index contributed by atoms with van der Waals surface area (Å²) in [6, 6.07) is 0.321. The number of hydrogen-bond donors (Lipinski definition) is 1. The number of carbonyl (C=O) groups is 1. The average molecular weight is 348 g/mol. The zero-order chi connectivity index (χ0) is 16.8. The molecule has 0 aliphatic heterocycles. The first-order chi connectivity index (χ1) is 11.7. The SMILES string of the molecule is Cn1ccnc1SC1CCC(NC(=O)CCCn2cncn2)CC1. The minimum absolute atomic E-state index is 0.148. The lowest BCUT2D eigenvalue weighted by atomic mass is 9.95. The Balaban J connectivity index is 1.33. The van der Waals surface area contributed by atoms with Crippen molar-refractivity contribution in [1.29, 1.82) is 0 Å². The Morgan fingerprint density at radius 2 is 2.21 bits per heavy atom. The first kappa shape index (κ1) is 17.0. The fourth-order valence-corrected chi connectivity index (χ4v) is 4.14. The summed E-state index contributed by atoms with van der Waals surface area (Å²) < 4.78 is 3.82. The van der Waals surface area contributed by atoms with E-state index < -0.39 is 0 Å². The largest absolute Gasteiger partial charge is 0.353 e. The Morgan fingerprint density at radius 1 is 1.38 bits per heavy atom. The molecule has 2 heterocycles. The standard InChI is InChI=1S/C16H24N6OS/c1-21-10-8-18-16(21)24-14-6-4-13(5-7-14)20-15(23)3-2-9-22-12-17-11-19-22/h8,10-14H,2-7,9H2,1H3,(H,20,23). The summed E-state index contributed by atoms with van der Waals surface area (Å²) in [4.78, 5) is 20.3. The lowest BCUT2D eigenvalue weighted by Crippen LogP contribution is -2.38. The Hall–Kier alpha value is -1.83. The van der Waals surface area contributed by atoms with Crippen LogP contribution in [-0.2, 0) is 18.4 Å². The van der Waals surface area contributed by atoms with Crippen LogP contribution < -0.4 is 5.32 Å². The Bertz CT molecular complexity index is 633. The molecule has 0 aromatic carbocycles. The molecule has 2 aromatic heterocycles. The maximum absolute atomic E-state index is 12.0. The molecule has 0 spiro atoms. The molecule has 1 N–H and O–H groups in total. The van der Waals surface area contributed by atoms with E-state index in [4.69, 9.17) is 0 Å².